The number of rotatable bonds is 4. The van der Waals surface area contributed by atoms with E-state index in [1.165, 1.54) is 12.1 Å². The molecule has 132 valence electrons. The number of amides is 1. The monoisotopic (exact) mass is 431 g/mol. The molecule has 0 aliphatic rings. The summed E-state index contributed by atoms with van der Waals surface area (Å²) in [7, 11) is -4.07. The average molecular weight is 432 g/mol. The second-order valence-corrected chi connectivity index (χ2v) is 8.29. The Morgan fingerprint density at radius 1 is 1.08 bits per heavy atom. The maximum atomic E-state index is 13.2. The normalized spacial score (nSPS) is 11.3. The molecule has 1 aromatic carbocycles. The Bertz CT molecular complexity index is 1100. The molecule has 1 amide bonds. The number of aromatic nitrogens is 2. The van der Waals surface area contributed by atoms with Crippen LogP contribution >= 0.6 is 15.9 Å². The van der Waals surface area contributed by atoms with Crippen LogP contribution in [0.15, 0.2) is 69.1 Å². The van der Waals surface area contributed by atoms with Gasteiger partial charge in [-0.3, -0.25) is 9.78 Å². The molecule has 26 heavy (non-hydrogen) atoms. The Balaban J connectivity index is 2.25. The average Bonchev–Trinajstić information content (AvgIpc) is 2.61. The Kier molecular flexibility index (Phi) is 4.88. The molecular formula is C18H14BrN3O3S. The summed E-state index contributed by atoms with van der Waals surface area (Å²) in [5.41, 5.74) is 6.65. The summed E-state index contributed by atoms with van der Waals surface area (Å²) in [5, 5.41) is -0.190. The van der Waals surface area contributed by atoms with Crippen LogP contribution < -0.4 is 5.73 Å². The first-order valence-corrected chi connectivity index (χ1v) is 9.82. The fraction of sp³-hybridized carbons (Fsp3) is 0.0556. The van der Waals surface area contributed by atoms with E-state index in [4.69, 9.17) is 5.73 Å². The highest BCUT2D eigenvalue weighted by molar-refractivity contribution is 9.10. The van der Waals surface area contributed by atoms with E-state index in [0.717, 1.165) is 0 Å². The van der Waals surface area contributed by atoms with Crippen LogP contribution in [0.1, 0.15) is 15.9 Å². The molecule has 0 saturated carbocycles. The van der Waals surface area contributed by atoms with E-state index >= 15 is 0 Å². The minimum Gasteiger partial charge on any atom is -0.366 e. The Labute approximate surface area is 159 Å². The first-order chi connectivity index (χ1) is 12.3. The number of pyridine rings is 2. The van der Waals surface area contributed by atoms with E-state index < -0.39 is 15.7 Å². The van der Waals surface area contributed by atoms with E-state index in [1.807, 2.05) is 0 Å². The number of carbonyl (C=O) groups excluding carboxylic acids is 1. The van der Waals surface area contributed by atoms with Crippen LogP contribution in [0.4, 0.5) is 0 Å². The molecule has 6 nitrogen and oxygen atoms in total. The maximum Gasteiger partial charge on any atom is 0.250 e. The zero-order valence-corrected chi connectivity index (χ0v) is 16.1. The van der Waals surface area contributed by atoms with Crippen LogP contribution in [0.3, 0.4) is 0 Å². The fourth-order valence-corrected chi connectivity index (χ4v) is 4.81. The zero-order valence-electron chi connectivity index (χ0n) is 13.7. The first-order valence-electron chi connectivity index (χ1n) is 7.54. The van der Waals surface area contributed by atoms with Crippen LogP contribution in [-0.4, -0.2) is 24.3 Å². The number of nitrogens with two attached hydrogens (primary N) is 1. The molecule has 0 unspecified atom stereocenters. The molecule has 3 aromatic rings. The minimum absolute atomic E-state index is 0.0637. The highest BCUT2D eigenvalue weighted by atomic mass is 79.9. The largest absolute Gasteiger partial charge is 0.366 e. The molecule has 2 N–H and O–H groups in total. The number of primary amides is 1. The van der Waals surface area contributed by atoms with E-state index in [0.29, 0.717) is 21.4 Å². The molecular weight excluding hydrogens is 418 g/mol. The van der Waals surface area contributed by atoms with Gasteiger partial charge in [-0.05, 0) is 42.8 Å². The summed E-state index contributed by atoms with van der Waals surface area (Å²) in [6, 6.07) is 12.9. The van der Waals surface area contributed by atoms with Crippen molar-refractivity contribution >= 4 is 31.7 Å². The molecule has 0 aliphatic heterocycles. The number of halogens is 1. The van der Waals surface area contributed by atoms with Crippen molar-refractivity contribution in [2.45, 2.75) is 16.8 Å². The van der Waals surface area contributed by atoms with Crippen molar-refractivity contribution in [2.24, 2.45) is 5.73 Å². The molecule has 2 aromatic heterocycles. The summed E-state index contributed by atoms with van der Waals surface area (Å²) in [6.45, 7) is 1.61. The van der Waals surface area contributed by atoms with Gasteiger partial charge in [-0.1, -0.05) is 34.1 Å². The number of hydrogen-bond acceptors (Lipinski definition) is 5. The van der Waals surface area contributed by atoms with Crippen LogP contribution in [0.5, 0.6) is 0 Å². The standard InChI is InChI=1S/C18H14BrN3O3S/c1-11-5-4-6-13(18(20)23)17(11)26(24,25)16-10-12(19)9-15(22-16)14-7-2-3-8-21-14/h2-10H,1H3,(H2,20,23). The first kappa shape index (κ1) is 18.2. The molecule has 0 radical (unpaired) electrons. The minimum atomic E-state index is -4.07. The summed E-state index contributed by atoms with van der Waals surface area (Å²) in [5.74, 6) is -0.813. The summed E-state index contributed by atoms with van der Waals surface area (Å²) in [6.07, 6.45) is 1.60. The number of hydrogen-bond donors (Lipinski definition) is 1. The van der Waals surface area contributed by atoms with Gasteiger partial charge in [0.25, 0.3) is 0 Å². The van der Waals surface area contributed by atoms with Gasteiger partial charge < -0.3 is 5.73 Å². The van der Waals surface area contributed by atoms with Crippen molar-refractivity contribution in [3.8, 4) is 11.4 Å². The van der Waals surface area contributed by atoms with Crippen molar-refractivity contribution < 1.29 is 13.2 Å². The molecule has 2 heterocycles. The molecule has 8 heteroatoms. The Morgan fingerprint density at radius 2 is 1.85 bits per heavy atom. The molecule has 0 fully saturated rings. The lowest BCUT2D eigenvalue weighted by atomic mass is 10.1. The zero-order chi connectivity index (χ0) is 18.9. The van der Waals surface area contributed by atoms with Crippen LogP contribution in [0.2, 0.25) is 0 Å². The SMILES string of the molecule is Cc1cccc(C(N)=O)c1S(=O)(=O)c1cc(Br)cc(-c2ccccn2)n1. The van der Waals surface area contributed by atoms with Crippen molar-refractivity contribution in [3.63, 3.8) is 0 Å². The number of sulfone groups is 1. The van der Waals surface area contributed by atoms with E-state index in [9.17, 15) is 13.2 Å². The summed E-state index contributed by atoms with van der Waals surface area (Å²) < 4.78 is 26.9. The van der Waals surface area contributed by atoms with Crippen molar-refractivity contribution in [1.29, 1.82) is 0 Å². The van der Waals surface area contributed by atoms with Gasteiger partial charge in [0.15, 0.2) is 5.03 Å². The second-order valence-electron chi connectivity index (χ2n) is 5.54. The van der Waals surface area contributed by atoms with Gasteiger partial charge >= 0.3 is 0 Å². The lowest BCUT2D eigenvalue weighted by molar-refractivity contribution is 0.0997. The number of carbonyl (C=O) groups is 1. The van der Waals surface area contributed by atoms with Crippen molar-refractivity contribution in [2.75, 3.05) is 0 Å². The van der Waals surface area contributed by atoms with Crippen LogP contribution in [-0.2, 0) is 9.84 Å². The van der Waals surface area contributed by atoms with Crippen molar-refractivity contribution in [1.82, 2.24) is 9.97 Å². The highest BCUT2D eigenvalue weighted by Crippen LogP contribution is 2.30. The van der Waals surface area contributed by atoms with E-state index in [1.54, 1.807) is 49.5 Å². The third kappa shape index (κ3) is 3.38. The maximum absolute atomic E-state index is 13.2. The molecule has 0 bridgehead atoms. The quantitative estimate of drug-likeness (QED) is 0.682. The number of benzene rings is 1. The summed E-state index contributed by atoms with van der Waals surface area (Å²) in [4.78, 5) is 20.0. The van der Waals surface area contributed by atoms with Crippen LogP contribution in [0.25, 0.3) is 11.4 Å². The van der Waals surface area contributed by atoms with Gasteiger partial charge in [0.1, 0.15) is 0 Å². The molecule has 0 atom stereocenters. The predicted octanol–water partition coefficient (Wildman–Crippen LogP) is 3.15. The van der Waals surface area contributed by atoms with Gasteiger partial charge in [-0.15, -0.1) is 0 Å². The molecule has 3 rings (SSSR count). The number of aryl methyl sites for hydroxylation is 1. The van der Waals surface area contributed by atoms with Gasteiger partial charge in [0.2, 0.25) is 15.7 Å². The smallest absolute Gasteiger partial charge is 0.250 e. The third-order valence-electron chi connectivity index (χ3n) is 3.72. The van der Waals surface area contributed by atoms with Crippen molar-refractivity contribution in [3.05, 3.63) is 70.3 Å². The molecule has 0 aliphatic carbocycles. The topological polar surface area (TPSA) is 103 Å². The summed E-state index contributed by atoms with van der Waals surface area (Å²) >= 11 is 3.32. The second kappa shape index (κ2) is 6.97. The third-order valence-corrected chi connectivity index (χ3v) is 6.01. The van der Waals surface area contributed by atoms with Gasteiger partial charge in [0, 0.05) is 10.7 Å². The lowest BCUT2D eigenvalue weighted by Gasteiger charge is -2.12. The van der Waals surface area contributed by atoms with E-state index in [-0.39, 0.29) is 15.5 Å². The Morgan fingerprint density at radius 3 is 2.50 bits per heavy atom. The Hall–Kier alpha value is -2.58. The van der Waals surface area contributed by atoms with Crippen LogP contribution in [0, 0.1) is 6.92 Å². The molecule has 0 saturated heterocycles. The number of nitrogens with zero attached hydrogens (tertiary/aromatic N) is 2. The lowest BCUT2D eigenvalue weighted by Crippen LogP contribution is -2.18. The van der Waals surface area contributed by atoms with Gasteiger partial charge in [0.05, 0.1) is 21.8 Å². The van der Waals surface area contributed by atoms with Gasteiger partial charge in [-0.2, -0.15) is 0 Å². The van der Waals surface area contributed by atoms with Gasteiger partial charge in [-0.25, -0.2) is 13.4 Å². The predicted molar refractivity (Wildman–Crippen MR) is 100 cm³/mol. The highest BCUT2D eigenvalue weighted by Gasteiger charge is 2.27. The fourth-order valence-electron chi connectivity index (χ4n) is 2.56. The molecule has 0 spiro atoms. The van der Waals surface area contributed by atoms with E-state index in [2.05, 4.69) is 25.9 Å².